The Morgan fingerprint density at radius 1 is 0.594 bits per heavy atom. The zero-order chi connectivity index (χ0) is 44.3. The number of unbranched alkanes of at least 4 members (excludes halogenated alkanes) is 6. The maximum Gasteiger partial charge on any atom is 0.346 e. The van der Waals surface area contributed by atoms with E-state index in [2.05, 4.69) is 137 Å². The van der Waals surface area contributed by atoms with Gasteiger partial charge in [-0.1, -0.05) is 76.6 Å². The van der Waals surface area contributed by atoms with Crippen LogP contribution in [0.5, 0.6) is 11.5 Å². The fraction of sp³-hybridized carbons (Fsp3) is 0.231. The molecule has 0 atom stereocenters. The van der Waals surface area contributed by atoms with Crippen LogP contribution in [0.3, 0.4) is 0 Å². The van der Waals surface area contributed by atoms with Crippen molar-refractivity contribution >= 4 is 85.9 Å². The Kier molecular flexibility index (Phi) is 15.0. The normalized spacial score (nSPS) is 11.5. The van der Waals surface area contributed by atoms with Gasteiger partial charge in [-0.15, -0.1) is 34.0 Å². The molecule has 4 heterocycles. The highest BCUT2D eigenvalue weighted by atomic mass is 32.1. The van der Waals surface area contributed by atoms with Crippen molar-refractivity contribution in [3.63, 3.8) is 0 Å². The highest BCUT2D eigenvalue weighted by Crippen LogP contribution is 2.45. The number of carboxylic acid groups (broad SMARTS) is 1. The average Bonchev–Trinajstić information content (AvgIpc) is 4.17. The van der Waals surface area contributed by atoms with Crippen LogP contribution in [0, 0.1) is 11.3 Å². The van der Waals surface area contributed by atoms with Gasteiger partial charge in [-0.25, -0.2) is 4.79 Å². The van der Waals surface area contributed by atoms with Gasteiger partial charge in [0.25, 0.3) is 0 Å². The number of anilines is 3. The van der Waals surface area contributed by atoms with E-state index in [1.54, 1.807) is 46.1 Å². The molecule has 8 rings (SSSR count). The molecule has 0 aliphatic carbocycles. The molecule has 1 N–H and O–H groups in total. The van der Waals surface area contributed by atoms with Crippen molar-refractivity contribution in [3.05, 3.63) is 132 Å². The Hall–Kier alpha value is -6.10. The molecule has 8 nitrogen and oxygen atoms in total. The number of benzene rings is 4. The van der Waals surface area contributed by atoms with Gasteiger partial charge in [-0.05, 0) is 122 Å². The van der Waals surface area contributed by atoms with Crippen LogP contribution in [-0.4, -0.2) is 33.0 Å². The summed E-state index contributed by atoms with van der Waals surface area (Å²) in [4.78, 5) is 20.7. The number of fused-ring (bicyclic) bond motifs is 1. The van der Waals surface area contributed by atoms with Gasteiger partial charge in [-0.3, -0.25) is 0 Å². The van der Waals surface area contributed by atoms with Gasteiger partial charge in [0.2, 0.25) is 0 Å². The van der Waals surface area contributed by atoms with Gasteiger partial charge in [0.1, 0.15) is 34.2 Å². The summed E-state index contributed by atoms with van der Waals surface area (Å²) < 4.78 is 21.1. The minimum Gasteiger partial charge on any atom is -0.494 e. The largest absolute Gasteiger partial charge is 0.494 e. The minimum absolute atomic E-state index is 0.347. The van der Waals surface area contributed by atoms with Gasteiger partial charge >= 0.3 is 5.97 Å². The van der Waals surface area contributed by atoms with Gasteiger partial charge < -0.3 is 19.5 Å². The first-order valence-electron chi connectivity index (χ1n) is 21.7. The summed E-state index contributed by atoms with van der Waals surface area (Å²) in [5.41, 5.74) is 6.73. The van der Waals surface area contributed by atoms with Crippen molar-refractivity contribution in [1.82, 2.24) is 8.75 Å². The predicted molar refractivity (Wildman–Crippen MR) is 268 cm³/mol. The van der Waals surface area contributed by atoms with Crippen molar-refractivity contribution in [1.29, 1.82) is 5.26 Å². The van der Waals surface area contributed by atoms with Crippen molar-refractivity contribution in [3.8, 4) is 58.0 Å². The lowest BCUT2D eigenvalue weighted by Gasteiger charge is -2.26. The fourth-order valence-corrected chi connectivity index (χ4v) is 11.2. The van der Waals surface area contributed by atoms with Gasteiger partial charge in [0.15, 0.2) is 0 Å². The Balaban J connectivity index is 0.982. The molecule has 4 aromatic carbocycles. The molecule has 0 radical (unpaired) electrons. The average molecular weight is 921 g/mol. The van der Waals surface area contributed by atoms with Crippen molar-refractivity contribution in [2.45, 2.75) is 65.2 Å². The summed E-state index contributed by atoms with van der Waals surface area (Å²) >= 11 is 6.31. The molecule has 324 valence electrons. The molecular formula is C52H48N4O4S4. The number of rotatable bonds is 21. The lowest BCUT2D eigenvalue weighted by molar-refractivity contribution is -0.132. The van der Waals surface area contributed by atoms with E-state index >= 15 is 0 Å². The summed E-state index contributed by atoms with van der Waals surface area (Å²) in [5.74, 6) is 0.500. The number of aromatic nitrogens is 2. The van der Waals surface area contributed by atoms with Crippen molar-refractivity contribution in [2.75, 3.05) is 18.1 Å². The lowest BCUT2D eigenvalue weighted by atomic mass is 10.0. The number of thiophene rings is 3. The molecule has 0 aliphatic rings. The third kappa shape index (κ3) is 10.6. The molecule has 0 saturated carbocycles. The molecule has 8 aromatic rings. The first-order valence-corrected chi connectivity index (χ1v) is 24.9. The van der Waals surface area contributed by atoms with Gasteiger partial charge in [-0.2, -0.15) is 14.0 Å². The van der Waals surface area contributed by atoms with E-state index in [1.165, 1.54) is 64.1 Å². The molecule has 64 heavy (non-hydrogen) atoms. The highest BCUT2D eigenvalue weighted by Gasteiger charge is 2.18. The number of carboxylic acids is 1. The smallest absolute Gasteiger partial charge is 0.346 e. The molecule has 0 fully saturated rings. The number of hydrogen-bond donors (Lipinski definition) is 1. The summed E-state index contributed by atoms with van der Waals surface area (Å²) in [6.07, 6.45) is 10.8. The quantitative estimate of drug-likeness (QED) is 0.0431. The van der Waals surface area contributed by atoms with E-state index in [9.17, 15) is 15.2 Å². The number of nitriles is 1. The number of hydrogen-bond acceptors (Lipinski definition) is 11. The number of nitrogens with zero attached hydrogens (tertiary/aromatic N) is 4. The van der Waals surface area contributed by atoms with E-state index in [4.69, 9.17) is 9.47 Å². The Labute approximate surface area is 390 Å². The lowest BCUT2D eigenvalue weighted by Crippen LogP contribution is -2.10. The molecular weight excluding hydrogens is 873 g/mol. The van der Waals surface area contributed by atoms with Crippen LogP contribution in [0.4, 0.5) is 17.1 Å². The molecule has 0 aliphatic heterocycles. The number of aliphatic carboxylic acids is 1. The van der Waals surface area contributed by atoms with Gasteiger partial charge in [0.05, 0.1) is 24.9 Å². The van der Waals surface area contributed by atoms with Crippen LogP contribution in [0.1, 0.15) is 70.8 Å². The van der Waals surface area contributed by atoms with Crippen molar-refractivity contribution < 1.29 is 19.4 Å². The summed E-state index contributed by atoms with van der Waals surface area (Å²) in [7, 11) is 0. The second-order valence-corrected chi connectivity index (χ2v) is 19.1. The Morgan fingerprint density at radius 2 is 1.06 bits per heavy atom. The topological polar surface area (TPSA) is 109 Å². The maximum atomic E-state index is 11.5. The number of ether oxygens (including phenoxy) is 2. The second kappa shape index (κ2) is 21.5. The van der Waals surface area contributed by atoms with Crippen LogP contribution in [0.2, 0.25) is 0 Å². The standard InChI is InChI=1S/C52H48N4O4S4/c1-3-5-7-9-31-59-41-20-16-39(17-21-41)56(40-18-22-42(23-19-40)60-32-10-8-6-4-2)38-14-11-35(12-15-38)44-25-27-46(61-44)48-29-30-49(63-48)47-28-26-45(62-47)43-24-13-36(33-37(34-53)52(57)58)50-51(43)55-64-54-50/h11-30,33H,3-10,31-32H2,1-2H3,(H,57,58)/b37-33+. The summed E-state index contributed by atoms with van der Waals surface area (Å²) in [6.45, 7) is 5.91. The summed E-state index contributed by atoms with van der Waals surface area (Å²) in [5, 5.41) is 18.6. The predicted octanol–water partition coefficient (Wildman–Crippen LogP) is 15.9. The van der Waals surface area contributed by atoms with Crippen LogP contribution in [-0.2, 0) is 4.79 Å². The second-order valence-electron chi connectivity index (χ2n) is 15.3. The fourth-order valence-electron chi connectivity index (χ4n) is 7.38. The molecule has 0 unspecified atom stereocenters. The Morgan fingerprint density at radius 3 is 1.58 bits per heavy atom. The maximum absolute atomic E-state index is 11.5. The van der Waals surface area contributed by atoms with E-state index in [0.717, 1.165) is 87.2 Å². The monoisotopic (exact) mass is 920 g/mol. The molecule has 12 heteroatoms. The molecule has 0 spiro atoms. The van der Waals surface area contributed by atoms with Crippen molar-refractivity contribution in [2.24, 2.45) is 0 Å². The van der Waals surface area contributed by atoms with Crippen LogP contribution >= 0.6 is 45.7 Å². The zero-order valence-electron chi connectivity index (χ0n) is 35.8. The van der Waals surface area contributed by atoms with E-state index in [0.29, 0.717) is 16.6 Å². The highest BCUT2D eigenvalue weighted by molar-refractivity contribution is 7.28. The molecule has 0 saturated heterocycles. The van der Waals surface area contributed by atoms with Gasteiger partial charge in [0, 0.05) is 57.5 Å². The van der Waals surface area contributed by atoms with Crippen LogP contribution < -0.4 is 14.4 Å². The van der Waals surface area contributed by atoms with Crippen LogP contribution in [0.25, 0.3) is 57.5 Å². The first kappa shape index (κ1) is 44.5. The van der Waals surface area contributed by atoms with E-state index in [-0.39, 0.29) is 5.57 Å². The zero-order valence-corrected chi connectivity index (χ0v) is 39.1. The van der Waals surface area contributed by atoms with E-state index in [1.807, 2.05) is 6.07 Å². The first-order chi connectivity index (χ1) is 31.4. The Bertz CT molecular complexity index is 2810. The van der Waals surface area contributed by atoms with Crippen LogP contribution in [0.15, 0.2) is 127 Å². The minimum atomic E-state index is -1.27. The molecule has 0 amide bonds. The summed E-state index contributed by atoms with van der Waals surface area (Å²) in [6, 6.07) is 44.1. The third-order valence-corrected chi connectivity index (χ3v) is 15.1. The number of carbonyl (C=O) groups is 1. The molecule has 4 aromatic heterocycles. The SMILES string of the molecule is CCCCCCOc1ccc(N(c2ccc(OCCCCCC)cc2)c2ccc(-c3ccc(-c4ccc(-c5ccc(-c6ccc(/C=C(\C#N)C(=O)O)c7nsnc67)s5)s4)s3)cc2)cc1. The van der Waals surface area contributed by atoms with E-state index < -0.39 is 5.97 Å². The molecule has 0 bridgehead atoms. The third-order valence-electron chi connectivity index (χ3n) is 10.8.